The molecule has 1 aromatic carbocycles. The number of benzene rings is 1. The molecular weight excluding hydrogens is 206 g/mol. The number of nitrogens with zero attached hydrogens (tertiary/aromatic N) is 1. The molecule has 15 heavy (non-hydrogen) atoms. The summed E-state index contributed by atoms with van der Waals surface area (Å²) in [5, 5.41) is 0.860. The van der Waals surface area contributed by atoms with Crippen molar-refractivity contribution in [3.8, 4) is 0 Å². The fraction of sp³-hybridized carbons (Fsp3) is 0.462. The van der Waals surface area contributed by atoms with Gasteiger partial charge in [-0.15, -0.1) is 0 Å². The van der Waals surface area contributed by atoms with Crippen LogP contribution in [0.25, 0.3) is 0 Å². The van der Waals surface area contributed by atoms with E-state index in [1.807, 2.05) is 12.1 Å². The molecule has 1 atom stereocenters. The van der Waals surface area contributed by atoms with Crippen LogP contribution in [0.15, 0.2) is 23.2 Å². The number of aliphatic imine (C=N–C) groups is 1. The molecule has 2 heteroatoms. The smallest absolute Gasteiger partial charge is 0.0474 e. The summed E-state index contributed by atoms with van der Waals surface area (Å²) < 4.78 is 0. The average Bonchev–Trinajstić information content (AvgIpc) is 2.59. The molecule has 0 amide bonds. The molecule has 1 aliphatic rings. The lowest BCUT2D eigenvalue weighted by Crippen LogP contribution is -2.01. The summed E-state index contributed by atoms with van der Waals surface area (Å²) in [5.74, 6) is 0. The maximum Gasteiger partial charge on any atom is 0.0474 e. The van der Waals surface area contributed by atoms with E-state index in [4.69, 9.17) is 11.6 Å². The van der Waals surface area contributed by atoms with Gasteiger partial charge in [-0.2, -0.15) is 0 Å². The zero-order valence-corrected chi connectivity index (χ0v) is 10.0. The highest BCUT2D eigenvalue weighted by Gasteiger charge is 2.14. The van der Waals surface area contributed by atoms with Crippen molar-refractivity contribution in [2.75, 3.05) is 0 Å². The maximum atomic E-state index is 6.09. The van der Waals surface area contributed by atoms with Gasteiger partial charge in [0.05, 0.1) is 0 Å². The molecule has 1 aliphatic heterocycles. The minimum absolute atomic E-state index is 0.513. The lowest BCUT2D eigenvalue weighted by Gasteiger charge is -2.06. The Labute approximate surface area is 96.2 Å². The zero-order valence-electron chi connectivity index (χ0n) is 9.26. The van der Waals surface area contributed by atoms with Crippen LogP contribution in [0, 0.1) is 6.92 Å². The molecule has 1 unspecified atom stereocenters. The summed E-state index contributed by atoms with van der Waals surface area (Å²) >= 11 is 6.09. The summed E-state index contributed by atoms with van der Waals surface area (Å²) in [6.45, 7) is 4.26. The van der Waals surface area contributed by atoms with Crippen LogP contribution in [0.2, 0.25) is 5.02 Å². The Kier molecular flexibility index (Phi) is 3.11. The second-order valence-corrected chi connectivity index (χ2v) is 4.69. The third kappa shape index (κ3) is 2.40. The Morgan fingerprint density at radius 3 is 2.93 bits per heavy atom. The molecule has 1 nitrogen and oxygen atoms in total. The molecule has 0 saturated carbocycles. The van der Waals surface area contributed by atoms with Gasteiger partial charge in [0, 0.05) is 23.2 Å². The fourth-order valence-corrected chi connectivity index (χ4v) is 2.21. The molecule has 0 aliphatic carbocycles. The third-order valence-corrected chi connectivity index (χ3v) is 3.44. The first-order chi connectivity index (χ1) is 7.16. The summed E-state index contributed by atoms with van der Waals surface area (Å²) in [6.07, 6.45) is 3.32. The fourth-order valence-electron chi connectivity index (χ4n) is 2.01. The van der Waals surface area contributed by atoms with Gasteiger partial charge < -0.3 is 0 Å². The quantitative estimate of drug-likeness (QED) is 0.720. The summed E-state index contributed by atoms with van der Waals surface area (Å²) in [6, 6.07) is 6.62. The highest BCUT2D eigenvalue weighted by molar-refractivity contribution is 6.31. The van der Waals surface area contributed by atoms with Gasteiger partial charge >= 0.3 is 0 Å². The van der Waals surface area contributed by atoms with E-state index in [1.54, 1.807) is 0 Å². The molecule has 0 radical (unpaired) electrons. The number of rotatable bonds is 2. The number of hydrogen-bond donors (Lipinski definition) is 0. The molecule has 1 heterocycles. The lowest BCUT2D eigenvalue weighted by molar-refractivity contribution is 0.739. The molecular formula is C13H16ClN. The van der Waals surface area contributed by atoms with Crippen LogP contribution >= 0.6 is 11.6 Å². The Hall–Kier alpha value is -0.820. The van der Waals surface area contributed by atoms with Crippen molar-refractivity contribution in [1.29, 1.82) is 0 Å². The minimum atomic E-state index is 0.513. The van der Waals surface area contributed by atoms with Crippen LogP contribution in [0.1, 0.15) is 30.9 Å². The number of hydrogen-bond acceptors (Lipinski definition) is 1. The zero-order chi connectivity index (χ0) is 10.8. The van der Waals surface area contributed by atoms with Gasteiger partial charge in [-0.25, -0.2) is 0 Å². The first-order valence-corrected chi connectivity index (χ1v) is 5.84. The molecule has 0 N–H and O–H groups in total. The molecule has 0 spiro atoms. The van der Waals surface area contributed by atoms with Gasteiger partial charge in [0.2, 0.25) is 0 Å². The first kappa shape index (κ1) is 10.7. The van der Waals surface area contributed by atoms with Crippen LogP contribution < -0.4 is 0 Å². The van der Waals surface area contributed by atoms with Crippen LogP contribution in [-0.4, -0.2) is 11.8 Å². The van der Waals surface area contributed by atoms with Crippen molar-refractivity contribution >= 4 is 17.3 Å². The Balaban J connectivity index is 2.18. The van der Waals surface area contributed by atoms with E-state index in [-0.39, 0.29) is 0 Å². The molecule has 80 valence electrons. The molecule has 1 aromatic rings. The maximum absolute atomic E-state index is 6.09. The van der Waals surface area contributed by atoms with E-state index >= 15 is 0 Å². The van der Waals surface area contributed by atoms with E-state index in [0.717, 1.165) is 17.9 Å². The first-order valence-electron chi connectivity index (χ1n) is 5.46. The molecule has 0 saturated heterocycles. The van der Waals surface area contributed by atoms with Gasteiger partial charge in [-0.1, -0.05) is 23.7 Å². The minimum Gasteiger partial charge on any atom is -0.291 e. The van der Waals surface area contributed by atoms with Gasteiger partial charge in [-0.3, -0.25) is 4.99 Å². The second kappa shape index (κ2) is 4.36. The van der Waals surface area contributed by atoms with E-state index in [2.05, 4.69) is 24.9 Å². The van der Waals surface area contributed by atoms with E-state index < -0.39 is 0 Å². The lowest BCUT2D eigenvalue weighted by atomic mass is 10.0. The van der Waals surface area contributed by atoms with Gasteiger partial charge in [0.1, 0.15) is 0 Å². The van der Waals surface area contributed by atoms with Crippen molar-refractivity contribution in [3.63, 3.8) is 0 Å². The predicted octanol–water partition coefficient (Wildman–Crippen LogP) is 3.81. The third-order valence-electron chi connectivity index (χ3n) is 3.03. The van der Waals surface area contributed by atoms with Crippen LogP contribution in [0.4, 0.5) is 0 Å². The van der Waals surface area contributed by atoms with Gasteiger partial charge in [0.15, 0.2) is 0 Å². The van der Waals surface area contributed by atoms with Crippen LogP contribution in [-0.2, 0) is 6.42 Å². The molecule has 0 fully saturated rings. The second-order valence-electron chi connectivity index (χ2n) is 4.28. The Morgan fingerprint density at radius 1 is 1.47 bits per heavy atom. The topological polar surface area (TPSA) is 12.4 Å². The van der Waals surface area contributed by atoms with Crippen LogP contribution in [0.3, 0.4) is 0 Å². The largest absolute Gasteiger partial charge is 0.291 e. The van der Waals surface area contributed by atoms with E-state index in [1.165, 1.54) is 23.3 Å². The monoisotopic (exact) mass is 221 g/mol. The molecule has 2 rings (SSSR count). The Bertz CT molecular complexity index is 396. The molecule has 0 bridgehead atoms. The Morgan fingerprint density at radius 2 is 2.27 bits per heavy atom. The average molecular weight is 222 g/mol. The predicted molar refractivity (Wildman–Crippen MR) is 66.0 cm³/mol. The van der Waals surface area contributed by atoms with Crippen molar-refractivity contribution in [1.82, 2.24) is 0 Å². The summed E-state index contributed by atoms with van der Waals surface area (Å²) in [7, 11) is 0. The van der Waals surface area contributed by atoms with Crippen molar-refractivity contribution in [3.05, 3.63) is 34.3 Å². The van der Waals surface area contributed by atoms with Crippen molar-refractivity contribution in [2.24, 2.45) is 4.99 Å². The highest BCUT2D eigenvalue weighted by atomic mass is 35.5. The van der Waals surface area contributed by atoms with Gasteiger partial charge in [0.25, 0.3) is 0 Å². The standard InChI is InChI=1S/C13H16ClN/c1-9-6-7-12(15-9)8-11-4-3-5-13(14)10(11)2/h3-5,9H,6-8H2,1-2H3. The van der Waals surface area contributed by atoms with E-state index in [0.29, 0.717) is 6.04 Å². The molecule has 0 aromatic heterocycles. The summed E-state index contributed by atoms with van der Waals surface area (Å²) in [5.41, 5.74) is 3.84. The van der Waals surface area contributed by atoms with Gasteiger partial charge in [-0.05, 0) is 43.9 Å². The SMILES string of the molecule is Cc1c(Cl)cccc1CC1=NC(C)CC1. The summed E-state index contributed by atoms with van der Waals surface area (Å²) in [4.78, 5) is 4.63. The van der Waals surface area contributed by atoms with Crippen molar-refractivity contribution in [2.45, 2.75) is 39.2 Å². The van der Waals surface area contributed by atoms with Crippen LogP contribution in [0.5, 0.6) is 0 Å². The van der Waals surface area contributed by atoms with Crippen molar-refractivity contribution < 1.29 is 0 Å². The number of halogens is 1. The normalized spacial score (nSPS) is 20.5. The van der Waals surface area contributed by atoms with E-state index in [9.17, 15) is 0 Å². The highest BCUT2D eigenvalue weighted by Crippen LogP contribution is 2.22.